The third kappa shape index (κ3) is 5.00. The van der Waals surface area contributed by atoms with Crippen molar-refractivity contribution in [3.8, 4) is 0 Å². The molecule has 0 saturated carbocycles. The molecule has 1 aromatic carbocycles. The van der Waals surface area contributed by atoms with E-state index in [1.165, 1.54) is 57.7 Å². The minimum atomic E-state index is -0.145. The van der Waals surface area contributed by atoms with E-state index < -0.39 is 0 Å². The normalized spacial score (nSPS) is 24.9. The van der Waals surface area contributed by atoms with Crippen molar-refractivity contribution in [2.45, 2.75) is 26.3 Å². The van der Waals surface area contributed by atoms with Crippen LogP contribution in [0.2, 0.25) is 0 Å². The van der Waals surface area contributed by atoms with Crippen LogP contribution in [0.25, 0.3) is 0 Å². The molecule has 4 heteroatoms. The zero-order valence-electron chi connectivity index (χ0n) is 14.4. The first kappa shape index (κ1) is 16.9. The van der Waals surface area contributed by atoms with Crippen LogP contribution >= 0.6 is 0 Å². The van der Waals surface area contributed by atoms with E-state index in [1.807, 2.05) is 12.1 Å². The summed E-state index contributed by atoms with van der Waals surface area (Å²) in [6, 6.07) is 6.96. The lowest BCUT2D eigenvalue weighted by Gasteiger charge is -2.24. The van der Waals surface area contributed by atoms with E-state index in [0.29, 0.717) is 0 Å². The van der Waals surface area contributed by atoms with E-state index >= 15 is 0 Å². The molecule has 1 atom stereocenters. The number of hydrogen-bond donors (Lipinski definition) is 0. The molecule has 0 N–H and O–H groups in total. The number of rotatable bonds is 5. The summed E-state index contributed by atoms with van der Waals surface area (Å²) in [5.74, 6) is 0.715. The molecule has 0 aromatic heterocycles. The van der Waals surface area contributed by atoms with Crippen molar-refractivity contribution in [3.63, 3.8) is 0 Å². The summed E-state index contributed by atoms with van der Waals surface area (Å²) in [7, 11) is 0. The third-order valence-corrected chi connectivity index (χ3v) is 5.33. The number of hydrogen-bond acceptors (Lipinski definition) is 3. The van der Waals surface area contributed by atoms with E-state index in [2.05, 4.69) is 21.6 Å². The Bertz CT molecular complexity index is 476. The fourth-order valence-corrected chi connectivity index (χ4v) is 3.93. The predicted molar refractivity (Wildman–Crippen MR) is 93.0 cm³/mol. The lowest BCUT2D eigenvalue weighted by atomic mass is 10.1. The summed E-state index contributed by atoms with van der Waals surface area (Å²) in [6.07, 6.45) is 2.61. The summed E-state index contributed by atoms with van der Waals surface area (Å²) in [6.45, 7) is 12.9. The van der Waals surface area contributed by atoms with Gasteiger partial charge in [-0.1, -0.05) is 19.1 Å². The molecular formula is C19H30FN3. The van der Waals surface area contributed by atoms with Gasteiger partial charge in [0.25, 0.3) is 0 Å². The highest BCUT2D eigenvalue weighted by atomic mass is 19.1. The second-order valence-electron chi connectivity index (χ2n) is 7.10. The van der Waals surface area contributed by atoms with Crippen molar-refractivity contribution in [1.29, 1.82) is 0 Å². The van der Waals surface area contributed by atoms with E-state index in [0.717, 1.165) is 25.6 Å². The largest absolute Gasteiger partial charge is 0.303 e. The van der Waals surface area contributed by atoms with Crippen molar-refractivity contribution in [3.05, 3.63) is 35.6 Å². The number of halogens is 1. The van der Waals surface area contributed by atoms with Crippen LogP contribution in [0.4, 0.5) is 4.39 Å². The fraction of sp³-hybridized carbons (Fsp3) is 0.684. The minimum absolute atomic E-state index is 0.145. The van der Waals surface area contributed by atoms with Crippen molar-refractivity contribution in [1.82, 2.24) is 14.7 Å². The summed E-state index contributed by atoms with van der Waals surface area (Å²) < 4.78 is 13.0. The molecule has 128 valence electrons. The molecule has 2 saturated heterocycles. The summed E-state index contributed by atoms with van der Waals surface area (Å²) in [5, 5.41) is 0. The van der Waals surface area contributed by atoms with Gasteiger partial charge < -0.3 is 9.80 Å². The Hall–Kier alpha value is -0.970. The Morgan fingerprint density at radius 2 is 1.70 bits per heavy atom. The minimum Gasteiger partial charge on any atom is -0.303 e. The average molecular weight is 319 g/mol. The van der Waals surface area contributed by atoms with E-state index in [1.54, 1.807) is 12.1 Å². The summed E-state index contributed by atoms with van der Waals surface area (Å²) in [4.78, 5) is 7.75. The fourth-order valence-electron chi connectivity index (χ4n) is 3.93. The Labute approximate surface area is 140 Å². The number of benzene rings is 1. The van der Waals surface area contributed by atoms with E-state index in [4.69, 9.17) is 0 Å². The van der Waals surface area contributed by atoms with Gasteiger partial charge in [0.2, 0.25) is 0 Å². The maximum atomic E-state index is 13.0. The quantitative estimate of drug-likeness (QED) is 0.826. The predicted octanol–water partition coefficient (Wildman–Crippen LogP) is 2.68. The van der Waals surface area contributed by atoms with Gasteiger partial charge in [0.05, 0.1) is 0 Å². The molecule has 1 unspecified atom stereocenters. The average Bonchev–Trinajstić information content (AvgIpc) is 2.90. The zero-order chi connectivity index (χ0) is 16.1. The molecule has 3 nitrogen and oxygen atoms in total. The first-order chi connectivity index (χ1) is 11.2. The maximum Gasteiger partial charge on any atom is 0.123 e. The monoisotopic (exact) mass is 319 g/mol. The van der Waals surface area contributed by atoms with Crippen LogP contribution in [0.1, 0.15) is 25.3 Å². The van der Waals surface area contributed by atoms with Crippen LogP contribution in [-0.2, 0) is 6.54 Å². The van der Waals surface area contributed by atoms with Crippen LogP contribution in [0, 0.1) is 11.7 Å². The Morgan fingerprint density at radius 3 is 2.43 bits per heavy atom. The molecule has 2 aliphatic rings. The third-order valence-electron chi connectivity index (χ3n) is 5.33. The molecule has 2 aliphatic heterocycles. The Morgan fingerprint density at radius 1 is 0.957 bits per heavy atom. The SMILES string of the molecule is CCN1CCC(CN2CCCN(Cc3ccc(F)cc3)CC2)C1. The van der Waals surface area contributed by atoms with Crippen LogP contribution in [0.3, 0.4) is 0 Å². The standard InChI is InChI=1S/C19H30FN3/c1-2-21-11-8-18(15-21)16-23-10-3-9-22(12-13-23)14-17-4-6-19(20)7-5-17/h4-7,18H,2-3,8-16H2,1H3. The van der Waals surface area contributed by atoms with Gasteiger partial charge >= 0.3 is 0 Å². The van der Waals surface area contributed by atoms with Gasteiger partial charge in [0.1, 0.15) is 5.82 Å². The summed E-state index contributed by atoms with van der Waals surface area (Å²) >= 11 is 0. The molecule has 0 aliphatic carbocycles. The van der Waals surface area contributed by atoms with Crippen LogP contribution in [-0.4, -0.2) is 67.1 Å². The summed E-state index contributed by atoms with van der Waals surface area (Å²) in [5.41, 5.74) is 1.22. The molecule has 1 aromatic rings. The number of likely N-dealkylation sites (tertiary alicyclic amines) is 1. The molecule has 0 radical (unpaired) electrons. The molecule has 23 heavy (non-hydrogen) atoms. The molecule has 2 heterocycles. The number of nitrogens with zero attached hydrogens (tertiary/aromatic N) is 3. The molecule has 0 bridgehead atoms. The molecule has 2 fully saturated rings. The zero-order valence-corrected chi connectivity index (χ0v) is 14.4. The topological polar surface area (TPSA) is 9.72 Å². The van der Waals surface area contributed by atoms with Gasteiger partial charge in [-0.15, -0.1) is 0 Å². The first-order valence-electron chi connectivity index (χ1n) is 9.14. The van der Waals surface area contributed by atoms with Gasteiger partial charge in [-0.05, 0) is 62.6 Å². The lowest BCUT2D eigenvalue weighted by molar-refractivity contribution is 0.222. The Kier molecular flexibility index (Phi) is 6.03. The highest BCUT2D eigenvalue weighted by Crippen LogP contribution is 2.18. The molecular weight excluding hydrogens is 289 g/mol. The maximum absolute atomic E-state index is 13.0. The molecule has 0 amide bonds. The van der Waals surface area contributed by atoms with Gasteiger partial charge in [-0.3, -0.25) is 4.90 Å². The van der Waals surface area contributed by atoms with Gasteiger partial charge in [0, 0.05) is 32.7 Å². The van der Waals surface area contributed by atoms with Crippen LogP contribution < -0.4 is 0 Å². The van der Waals surface area contributed by atoms with E-state index in [9.17, 15) is 4.39 Å². The first-order valence-corrected chi connectivity index (χ1v) is 9.14. The van der Waals surface area contributed by atoms with Crippen molar-refractivity contribution in [2.75, 3.05) is 52.4 Å². The van der Waals surface area contributed by atoms with Crippen molar-refractivity contribution < 1.29 is 4.39 Å². The lowest BCUT2D eigenvalue weighted by Crippen LogP contribution is -2.34. The van der Waals surface area contributed by atoms with Crippen LogP contribution in [0.5, 0.6) is 0 Å². The highest BCUT2D eigenvalue weighted by molar-refractivity contribution is 5.15. The van der Waals surface area contributed by atoms with Crippen molar-refractivity contribution >= 4 is 0 Å². The van der Waals surface area contributed by atoms with Crippen molar-refractivity contribution in [2.24, 2.45) is 5.92 Å². The second-order valence-corrected chi connectivity index (χ2v) is 7.10. The van der Waals surface area contributed by atoms with Crippen LogP contribution in [0.15, 0.2) is 24.3 Å². The smallest absolute Gasteiger partial charge is 0.123 e. The highest BCUT2D eigenvalue weighted by Gasteiger charge is 2.24. The van der Waals surface area contributed by atoms with Gasteiger partial charge in [0.15, 0.2) is 0 Å². The Balaban J connectivity index is 1.44. The molecule has 3 rings (SSSR count). The molecule has 0 spiro atoms. The van der Waals surface area contributed by atoms with Gasteiger partial charge in [-0.25, -0.2) is 4.39 Å². The second kappa shape index (κ2) is 8.22. The van der Waals surface area contributed by atoms with E-state index in [-0.39, 0.29) is 5.82 Å². The van der Waals surface area contributed by atoms with Gasteiger partial charge in [-0.2, -0.15) is 0 Å².